The van der Waals surface area contributed by atoms with E-state index in [2.05, 4.69) is 149 Å². The third-order valence-corrected chi connectivity index (χ3v) is 18.1. The predicted octanol–water partition coefficient (Wildman–Crippen LogP) is 21.7. The second-order valence-corrected chi connectivity index (χ2v) is 26.1. The van der Waals surface area contributed by atoms with Crippen molar-refractivity contribution in [3.63, 3.8) is 0 Å². The highest BCUT2D eigenvalue weighted by Gasteiger charge is 2.17. The Morgan fingerprint density at radius 2 is 0.384 bits per heavy atom. The van der Waals surface area contributed by atoms with Crippen LogP contribution in [0.15, 0.2) is 378 Å². The molecule has 16 heteroatoms. The Morgan fingerprint density at radius 1 is 0.152 bits per heavy atom. The fourth-order valence-electron chi connectivity index (χ4n) is 12.8. The second kappa shape index (κ2) is 34.0. The van der Waals surface area contributed by atoms with Crippen molar-refractivity contribution in [2.75, 3.05) is 0 Å². The van der Waals surface area contributed by atoms with Gasteiger partial charge in [-0.1, -0.05) is 97.1 Å². The van der Waals surface area contributed by atoms with Gasteiger partial charge >= 0.3 is 0 Å². The standard InChI is InChI=1S/C42H26N8.C34H26N4.2C10H8N2/c1-5-15-43-33(9-1)29-21-37(49-39(23-29)35-11-3-7-17-45-35)31-19-27-13-14-28-20-32(26-48-42(28)41(27)47-25-31)38-22-30(34-10-2-6-16-44-34)24-40(50-38)36-12-4-8-18-46-36;1-23-17-25(21-27(19-23)29-11-7-13-33(37-29)31-9-3-5-15-35-31)26-18-24(2)20-28(22-26)30-12-8-14-34(38-30)32-10-4-6-16-36-32;2*1-3-7-11-9(5-1)10-6-2-4-8-12-10/h1-26H;3-22H,1-2H3;2*1-8H. The Morgan fingerprint density at radius 3 is 0.679 bits per heavy atom. The Labute approximate surface area is 647 Å². The Kier molecular flexibility index (Phi) is 21.5. The van der Waals surface area contributed by atoms with Gasteiger partial charge in [-0.3, -0.25) is 59.8 Å². The van der Waals surface area contributed by atoms with Crippen molar-refractivity contribution in [1.29, 1.82) is 0 Å². The summed E-state index contributed by atoms with van der Waals surface area (Å²) in [4.78, 5) is 73.7. The van der Waals surface area contributed by atoms with Crippen LogP contribution in [0, 0.1) is 13.8 Å². The summed E-state index contributed by atoms with van der Waals surface area (Å²) in [6, 6.07) is 100. The van der Waals surface area contributed by atoms with Crippen LogP contribution in [0.4, 0.5) is 0 Å². The molecule has 16 nitrogen and oxygen atoms in total. The number of aromatic nitrogens is 16. The van der Waals surface area contributed by atoms with Gasteiger partial charge in [0.2, 0.25) is 0 Å². The zero-order valence-electron chi connectivity index (χ0n) is 61.0. The van der Waals surface area contributed by atoms with Crippen molar-refractivity contribution in [3.05, 3.63) is 389 Å². The molecule has 16 heterocycles. The average molecular weight is 1450 g/mol. The van der Waals surface area contributed by atoms with Gasteiger partial charge in [-0.2, -0.15) is 0 Å². The monoisotopic (exact) mass is 1440 g/mol. The van der Waals surface area contributed by atoms with E-state index in [1.165, 1.54) is 11.1 Å². The van der Waals surface area contributed by atoms with E-state index < -0.39 is 0 Å². The van der Waals surface area contributed by atoms with Crippen LogP contribution in [0.5, 0.6) is 0 Å². The van der Waals surface area contributed by atoms with Gasteiger partial charge in [0, 0.05) is 119 Å². The van der Waals surface area contributed by atoms with Crippen LogP contribution in [-0.4, -0.2) is 79.7 Å². The maximum atomic E-state index is 5.01. The summed E-state index contributed by atoms with van der Waals surface area (Å²) < 4.78 is 0. The molecule has 0 aliphatic heterocycles. The summed E-state index contributed by atoms with van der Waals surface area (Å²) in [7, 11) is 0. The smallest absolute Gasteiger partial charge is 0.0965 e. The molecule has 0 radical (unpaired) electrons. The maximum Gasteiger partial charge on any atom is 0.0965 e. The van der Waals surface area contributed by atoms with Crippen molar-refractivity contribution in [2.45, 2.75) is 13.8 Å². The average Bonchev–Trinajstić information content (AvgIpc) is 0.770. The molecule has 0 bridgehead atoms. The lowest BCUT2D eigenvalue weighted by Gasteiger charge is -2.12. The Balaban J connectivity index is 0.000000133. The van der Waals surface area contributed by atoms with Crippen LogP contribution < -0.4 is 0 Å². The largest absolute Gasteiger partial charge is 0.256 e. The van der Waals surface area contributed by atoms with Crippen molar-refractivity contribution in [1.82, 2.24) is 79.7 Å². The van der Waals surface area contributed by atoms with Crippen LogP contribution in [0.1, 0.15) is 11.1 Å². The topological polar surface area (TPSA) is 206 Å². The molecule has 0 aliphatic rings. The highest BCUT2D eigenvalue weighted by molar-refractivity contribution is 6.04. The molecule has 16 aromatic heterocycles. The van der Waals surface area contributed by atoms with Crippen molar-refractivity contribution in [2.24, 2.45) is 0 Å². The lowest BCUT2D eigenvalue weighted by Crippen LogP contribution is -1.95. The molecule has 0 amide bonds. The van der Waals surface area contributed by atoms with Crippen LogP contribution >= 0.6 is 0 Å². The quantitative estimate of drug-likeness (QED) is 0.0984. The summed E-state index contributed by atoms with van der Waals surface area (Å²) >= 11 is 0. The van der Waals surface area contributed by atoms with Crippen LogP contribution in [0.2, 0.25) is 0 Å². The molecule has 112 heavy (non-hydrogen) atoms. The molecule has 0 aliphatic carbocycles. The molecule has 0 saturated carbocycles. The molecule has 3 aromatic carbocycles. The normalized spacial score (nSPS) is 10.8. The highest BCUT2D eigenvalue weighted by Crippen LogP contribution is 2.37. The van der Waals surface area contributed by atoms with Gasteiger partial charge in [-0.05, 0) is 242 Å². The van der Waals surface area contributed by atoms with Crippen LogP contribution in [0.25, 0.3) is 169 Å². The Bertz CT molecular complexity index is 5790. The molecule has 532 valence electrons. The second-order valence-electron chi connectivity index (χ2n) is 26.1. The number of rotatable bonds is 13. The summed E-state index contributed by atoms with van der Waals surface area (Å²) in [5, 5.41) is 1.93. The van der Waals surface area contributed by atoms with E-state index in [4.69, 9.17) is 29.9 Å². The molecular formula is C96H68N16. The first-order chi connectivity index (χ1) is 55.3. The molecule has 19 rings (SSSR count). The first kappa shape index (κ1) is 70.9. The predicted molar refractivity (Wildman–Crippen MR) is 446 cm³/mol. The molecule has 0 fully saturated rings. The van der Waals surface area contributed by atoms with Crippen LogP contribution in [0.3, 0.4) is 0 Å². The van der Waals surface area contributed by atoms with Gasteiger partial charge in [-0.15, -0.1) is 0 Å². The summed E-state index contributed by atoms with van der Waals surface area (Å²) in [6.45, 7) is 4.26. The number of hydrogen-bond acceptors (Lipinski definition) is 16. The van der Waals surface area contributed by atoms with Gasteiger partial charge in [-0.25, -0.2) is 19.9 Å². The zero-order chi connectivity index (χ0) is 75.6. The van der Waals surface area contributed by atoms with E-state index in [-0.39, 0.29) is 0 Å². The molecule has 0 N–H and O–H groups in total. The minimum absolute atomic E-state index is 0.767. The molecule has 0 atom stereocenters. The van der Waals surface area contributed by atoms with E-state index in [1.54, 1.807) is 62.0 Å². The third-order valence-electron chi connectivity index (χ3n) is 18.1. The molecule has 0 saturated heterocycles. The Hall–Kier alpha value is -15.4. The van der Waals surface area contributed by atoms with Crippen molar-refractivity contribution < 1.29 is 0 Å². The molecule has 0 spiro atoms. The fraction of sp³-hybridized carbons (Fsp3) is 0.0208. The van der Waals surface area contributed by atoms with Gasteiger partial charge < -0.3 is 0 Å². The lowest BCUT2D eigenvalue weighted by atomic mass is 9.95. The molecule has 19 aromatic rings. The van der Waals surface area contributed by atoms with E-state index in [0.717, 1.165) is 169 Å². The van der Waals surface area contributed by atoms with Gasteiger partial charge in [0.15, 0.2) is 0 Å². The minimum atomic E-state index is 0.767. The number of nitrogens with zero attached hydrogens (tertiary/aromatic N) is 16. The number of fused-ring (bicyclic) bond motifs is 3. The lowest BCUT2D eigenvalue weighted by molar-refractivity contribution is 1.23. The molecule has 0 unspecified atom stereocenters. The summed E-state index contributed by atoms with van der Waals surface area (Å²) in [6.07, 6.45) is 21.5. The van der Waals surface area contributed by atoms with E-state index in [9.17, 15) is 0 Å². The first-order valence-electron chi connectivity index (χ1n) is 36.4. The fourth-order valence-corrected chi connectivity index (χ4v) is 12.8. The molecular weight excluding hydrogens is 1380 g/mol. The summed E-state index contributed by atoms with van der Waals surface area (Å²) in [5.41, 5.74) is 27.5. The number of hydrogen-bond donors (Lipinski definition) is 0. The zero-order valence-corrected chi connectivity index (χ0v) is 61.0. The minimum Gasteiger partial charge on any atom is -0.256 e. The third kappa shape index (κ3) is 17.2. The van der Waals surface area contributed by atoms with Gasteiger partial charge in [0.1, 0.15) is 0 Å². The van der Waals surface area contributed by atoms with Gasteiger partial charge in [0.05, 0.1) is 114 Å². The van der Waals surface area contributed by atoms with Crippen molar-refractivity contribution >= 4 is 21.8 Å². The van der Waals surface area contributed by atoms with Crippen molar-refractivity contribution in [3.8, 4) is 147 Å². The highest BCUT2D eigenvalue weighted by atomic mass is 14.8. The van der Waals surface area contributed by atoms with E-state index in [0.29, 0.717) is 0 Å². The van der Waals surface area contributed by atoms with E-state index >= 15 is 0 Å². The first-order valence-corrected chi connectivity index (χ1v) is 36.4. The SMILES string of the molecule is Cc1cc(-c2cc(C)cc(-c3cccc(-c4ccccn4)n3)c2)cc(-c2cccc(-c3ccccn3)n2)c1.c1ccc(-c2cc(-c3cnc4c(ccc5cc(-c6cc(-c7ccccn7)cc(-c7ccccn7)n6)cnc54)c3)nc(-c3ccccn3)c2)nc1.c1ccc(-c2ccccn2)nc1.c1ccc(-c2ccccn2)nc1. The number of aryl methyl sites for hydroxylation is 2. The summed E-state index contributed by atoms with van der Waals surface area (Å²) in [5.74, 6) is 0. The van der Waals surface area contributed by atoms with Gasteiger partial charge in [0.25, 0.3) is 0 Å². The number of pyridine rings is 16. The maximum absolute atomic E-state index is 5.01. The number of benzene rings is 3. The van der Waals surface area contributed by atoms with Crippen LogP contribution in [-0.2, 0) is 0 Å². The van der Waals surface area contributed by atoms with E-state index in [1.807, 2.05) is 231 Å².